The molecule has 0 aliphatic rings. The molecule has 2 aromatic carbocycles. The first kappa shape index (κ1) is 17.9. The normalized spacial score (nSPS) is 10.3. The summed E-state index contributed by atoms with van der Waals surface area (Å²) < 4.78 is 21.3. The van der Waals surface area contributed by atoms with Crippen molar-refractivity contribution in [1.82, 2.24) is 4.98 Å². The van der Waals surface area contributed by atoms with Crippen LogP contribution in [0.5, 0.6) is 23.0 Å². The van der Waals surface area contributed by atoms with Crippen molar-refractivity contribution in [1.29, 1.82) is 0 Å². The monoisotopic (exact) mass is 372 g/mol. The van der Waals surface area contributed by atoms with Crippen LogP contribution >= 0.6 is 11.3 Å². The predicted octanol–water partition coefficient (Wildman–Crippen LogP) is 4.59. The molecule has 0 unspecified atom stereocenters. The van der Waals surface area contributed by atoms with Gasteiger partial charge in [-0.2, -0.15) is 0 Å². The van der Waals surface area contributed by atoms with Crippen LogP contribution in [0, 0.1) is 0 Å². The molecule has 136 valence electrons. The number of nitrogens with one attached hydrogen (secondary N) is 1. The van der Waals surface area contributed by atoms with Crippen molar-refractivity contribution in [3.8, 4) is 34.3 Å². The first-order valence-electron chi connectivity index (χ1n) is 7.85. The minimum Gasteiger partial charge on any atom is -0.497 e. The van der Waals surface area contributed by atoms with Crippen LogP contribution in [0.3, 0.4) is 0 Å². The van der Waals surface area contributed by atoms with E-state index in [4.69, 9.17) is 18.9 Å². The van der Waals surface area contributed by atoms with E-state index in [0.29, 0.717) is 17.2 Å². The maximum Gasteiger partial charge on any atom is 0.187 e. The SMILES string of the molecule is COc1ccc(OC)c(Nc2nc(-c3ccc(OC)c(OC)c3)cs2)c1. The molecule has 1 aromatic heterocycles. The molecule has 0 amide bonds. The average Bonchev–Trinajstić information content (AvgIpc) is 3.15. The van der Waals surface area contributed by atoms with Gasteiger partial charge in [0.25, 0.3) is 0 Å². The van der Waals surface area contributed by atoms with Gasteiger partial charge in [-0.05, 0) is 30.3 Å². The van der Waals surface area contributed by atoms with Gasteiger partial charge >= 0.3 is 0 Å². The summed E-state index contributed by atoms with van der Waals surface area (Å²) in [6.07, 6.45) is 0. The van der Waals surface area contributed by atoms with Crippen LogP contribution in [0.25, 0.3) is 11.3 Å². The smallest absolute Gasteiger partial charge is 0.187 e. The number of ether oxygens (including phenoxy) is 4. The molecule has 0 atom stereocenters. The largest absolute Gasteiger partial charge is 0.497 e. The van der Waals surface area contributed by atoms with Gasteiger partial charge in [0.05, 0.1) is 39.8 Å². The highest BCUT2D eigenvalue weighted by atomic mass is 32.1. The van der Waals surface area contributed by atoms with E-state index in [2.05, 4.69) is 10.3 Å². The molecular formula is C19H20N2O4S. The fourth-order valence-electron chi connectivity index (χ4n) is 2.49. The Labute approximate surface area is 156 Å². The molecule has 26 heavy (non-hydrogen) atoms. The van der Waals surface area contributed by atoms with Crippen LogP contribution in [0.1, 0.15) is 0 Å². The zero-order valence-corrected chi connectivity index (χ0v) is 15.8. The lowest BCUT2D eigenvalue weighted by Crippen LogP contribution is -1.95. The number of methoxy groups -OCH3 is 4. The summed E-state index contributed by atoms with van der Waals surface area (Å²) in [7, 11) is 6.49. The van der Waals surface area contributed by atoms with Gasteiger partial charge < -0.3 is 24.3 Å². The molecule has 3 rings (SSSR count). The lowest BCUT2D eigenvalue weighted by molar-refractivity contribution is 0.355. The highest BCUT2D eigenvalue weighted by Gasteiger charge is 2.11. The number of aromatic nitrogens is 1. The highest BCUT2D eigenvalue weighted by Crippen LogP contribution is 2.36. The molecular weight excluding hydrogens is 352 g/mol. The zero-order chi connectivity index (χ0) is 18.5. The summed E-state index contributed by atoms with van der Waals surface area (Å²) in [5.41, 5.74) is 2.59. The Kier molecular flexibility index (Phi) is 5.48. The number of thiazole rings is 1. The van der Waals surface area contributed by atoms with Crippen molar-refractivity contribution in [3.63, 3.8) is 0 Å². The fraction of sp³-hybridized carbons (Fsp3) is 0.211. The van der Waals surface area contributed by atoms with E-state index >= 15 is 0 Å². The van der Waals surface area contributed by atoms with E-state index in [-0.39, 0.29) is 0 Å². The molecule has 0 aliphatic heterocycles. The number of rotatable bonds is 7. The summed E-state index contributed by atoms with van der Waals surface area (Å²) in [5.74, 6) is 2.81. The zero-order valence-electron chi connectivity index (χ0n) is 15.0. The van der Waals surface area contributed by atoms with Crippen molar-refractivity contribution < 1.29 is 18.9 Å². The quantitative estimate of drug-likeness (QED) is 0.655. The third-order valence-corrected chi connectivity index (χ3v) is 4.59. The van der Waals surface area contributed by atoms with Gasteiger partial charge in [0.2, 0.25) is 0 Å². The van der Waals surface area contributed by atoms with Crippen LogP contribution in [0.2, 0.25) is 0 Å². The van der Waals surface area contributed by atoms with E-state index in [0.717, 1.165) is 27.8 Å². The topological polar surface area (TPSA) is 61.8 Å². The Morgan fingerprint density at radius 3 is 2.23 bits per heavy atom. The Hall–Kier alpha value is -2.93. The maximum absolute atomic E-state index is 5.39. The van der Waals surface area contributed by atoms with Crippen molar-refractivity contribution >= 4 is 22.2 Å². The molecule has 0 aliphatic carbocycles. The van der Waals surface area contributed by atoms with E-state index in [1.54, 1.807) is 28.4 Å². The summed E-state index contributed by atoms with van der Waals surface area (Å²) >= 11 is 1.50. The number of anilines is 2. The van der Waals surface area contributed by atoms with Gasteiger partial charge in [0.1, 0.15) is 11.5 Å². The average molecular weight is 372 g/mol. The van der Waals surface area contributed by atoms with Crippen LogP contribution in [-0.2, 0) is 0 Å². The Morgan fingerprint density at radius 2 is 1.54 bits per heavy atom. The van der Waals surface area contributed by atoms with Gasteiger partial charge in [0, 0.05) is 17.0 Å². The lowest BCUT2D eigenvalue weighted by Gasteiger charge is -2.10. The molecule has 0 spiro atoms. The van der Waals surface area contributed by atoms with E-state index in [1.165, 1.54) is 11.3 Å². The predicted molar refractivity (Wildman–Crippen MR) is 103 cm³/mol. The van der Waals surface area contributed by atoms with E-state index in [1.807, 2.05) is 41.8 Å². The van der Waals surface area contributed by atoms with Crippen molar-refractivity contribution in [2.24, 2.45) is 0 Å². The molecule has 3 aromatic rings. The van der Waals surface area contributed by atoms with Gasteiger partial charge in [-0.3, -0.25) is 0 Å². The van der Waals surface area contributed by atoms with Gasteiger partial charge in [-0.25, -0.2) is 4.98 Å². The summed E-state index contributed by atoms with van der Waals surface area (Å²) in [5, 5.41) is 6.02. The van der Waals surface area contributed by atoms with Crippen LogP contribution in [0.15, 0.2) is 41.8 Å². The second-order valence-electron chi connectivity index (χ2n) is 5.30. The van der Waals surface area contributed by atoms with Gasteiger partial charge in [0.15, 0.2) is 16.6 Å². The third-order valence-electron chi connectivity index (χ3n) is 3.83. The second kappa shape index (κ2) is 7.97. The molecule has 6 nitrogen and oxygen atoms in total. The van der Waals surface area contributed by atoms with Crippen molar-refractivity contribution in [2.75, 3.05) is 33.8 Å². The summed E-state index contributed by atoms with van der Waals surface area (Å²) in [4.78, 5) is 4.65. The standard InChI is InChI=1S/C19H20N2O4S/c1-22-13-6-8-16(23-2)14(10-13)20-19-21-15(11-26-19)12-5-7-17(24-3)18(9-12)25-4/h5-11H,1-4H3,(H,20,21). The highest BCUT2D eigenvalue weighted by molar-refractivity contribution is 7.14. The van der Waals surface area contributed by atoms with Gasteiger partial charge in [-0.15, -0.1) is 11.3 Å². The Balaban J connectivity index is 1.87. The van der Waals surface area contributed by atoms with Crippen molar-refractivity contribution in [2.45, 2.75) is 0 Å². The Bertz CT molecular complexity index is 895. The molecule has 0 bridgehead atoms. The fourth-order valence-corrected chi connectivity index (χ4v) is 3.22. The van der Waals surface area contributed by atoms with Crippen LogP contribution in [-0.4, -0.2) is 33.4 Å². The summed E-state index contributed by atoms with van der Waals surface area (Å²) in [6.45, 7) is 0. The minimum absolute atomic E-state index is 0.668. The Morgan fingerprint density at radius 1 is 0.808 bits per heavy atom. The number of hydrogen-bond donors (Lipinski definition) is 1. The first-order chi connectivity index (χ1) is 12.7. The molecule has 7 heteroatoms. The lowest BCUT2D eigenvalue weighted by atomic mass is 10.1. The summed E-state index contributed by atoms with van der Waals surface area (Å²) in [6, 6.07) is 11.3. The molecule has 1 N–H and O–H groups in total. The molecule has 1 heterocycles. The number of hydrogen-bond acceptors (Lipinski definition) is 7. The van der Waals surface area contributed by atoms with E-state index < -0.39 is 0 Å². The van der Waals surface area contributed by atoms with Crippen LogP contribution < -0.4 is 24.3 Å². The molecule has 0 fully saturated rings. The van der Waals surface area contributed by atoms with E-state index in [9.17, 15) is 0 Å². The second-order valence-corrected chi connectivity index (χ2v) is 6.16. The number of nitrogens with zero attached hydrogens (tertiary/aromatic N) is 1. The third kappa shape index (κ3) is 3.67. The van der Waals surface area contributed by atoms with Crippen molar-refractivity contribution in [3.05, 3.63) is 41.8 Å². The minimum atomic E-state index is 0.668. The molecule has 0 radical (unpaired) electrons. The molecule has 0 saturated carbocycles. The number of benzene rings is 2. The first-order valence-corrected chi connectivity index (χ1v) is 8.73. The molecule has 0 saturated heterocycles. The maximum atomic E-state index is 5.39. The van der Waals surface area contributed by atoms with Crippen LogP contribution in [0.4, 0.5) is 10.8 Å². The van der Waals surface area contributed by atoms with Gasteiger partial charge in [-0.1, -0.05) is 0 Å².